The standard InChI is InChI=1S/C11H13F2N3O2/c1-6-2-3-7(12)11(10(6)13)16-9(18)5-15-8(17)4-14/h2-3H,4-5,14H2,1H3,(H,15,17)(H,16,18). The van der Waals surface area contributed by atoms with Crippen molar-refractivity contribution in [3.8, 4) is 0 Å². The first kappa shape index (κ1) is 14.0. The van der Waals surface area contributed by atoms with Crippen molar-refractivity contribution in [3.05, 3.63) is 29.3 Å². The summed E-state index contributed by atoms with van der Waals surface area (Å²) < 4.78 is 26.8. The molecule has 0 aliphatic carbocycles. The van der Waals surface area contributed by atoms with Gasteiger partial charge in [0, 0.05) is 0 Å². The molecule has 1 aromatic carbocycles. The highest BCUT2D eigenvalue weighted by molar-refractivity contribution is 5.95. The van der Waals surface area contributed by atoms with Gasteiger partial charge in [0.1, 0.15) is 11.5 Å². The third-order valence-electron chi connectivity index (χ3n) is 2.18. The van der Waals surface area contributed by atoms with Crippen molar-refractivity contribution in [3.63, 3.8) is 0 Å². The van der Waals surface area contributed by atoms with Gasteiger partial charge < -0.3 is 16.4 Å². The Balaban J connectivity index is 2.70. The Labute approximate surface area is 102 Å². The lowest BCUT2D eigenvalue weighted by Crippen LogP contribution is -2.36. The minimum Gasteiger partial charge on any atom is -0.346 e. The van der Waals surface area contributed by atoms with Crippen LogP contribution in [0.25, 0.3) is 0 Å². The number of benzene rings is 1. The first-order valence-electron chi connectivity index (χ1n) is 5.17. The van der Waals surface area contributed by atoms with E-state index in [1.807, 2.05) is 0 Å². The first-order valence-corrected chi connectivity index (χ1v) is 5.17. The summed E-state index contributed by atoms with van der Waals surface area (Å²) in [5, 5.41) is 4.24. The zero-order valence-corrected chi connectivity index (χ0v) is 9.72. The molecule has 1 rings (SSSR count). The Bertz CT molecular complexity index is 478. The topological polar surface area (TPSA) is 84.2 Å². The van der Waals surface area contributed by atoms with E-state index in [1.54, 1.807) is 0 Å². The highest BCUT2D eigenvalue weighted by Crippen LogP contribution is 2.21. The van der Waals surface area contributed by atoms with Crippen LogP contribution < -0.4 is 16.4 Å². The molecular formula is C11H13F2N3O2. The van der Waals surface area contributed by atoms with Gasteiger partial charge in [-0.05, 0) is 18.6 Å². The van der Waals surface area contributed by atoms with Crippen molar-refractivity contribution in [2.45, 2.75) is 6.92 Å². The molecule has 0 heterocycles. The van der Waals surface area contributed by atoms with E-state index in [0.29, 0.717) is 0 Å². The largest absolute Gasteiger partial charge is 0.346 e. The normalized spacial score (nSPS) is 10.0. The van der Waals surface area contributed by atoms with Gasteiger partial charge >= 0.3 is 0 Å². The molecule has 0 spiro atoms. The van der Waals surface area contributed by atoms with Crippen molar-refractivity contribution in [2.75, 3.05) is 18.4 Å². The molecule has 18 heavy (non-hydrogen) atoms. The smallest absolute Gasteiger partial charge is 0.243 e. The maximum atomic E-state index is 13.5. The van der Waals surface area contributed by atoms with Crippen LogP contribution in [0.5, 0.6) is 0 Å². The molecule has 0 aliphatic rings. The van der Waals surface area contributed by atoms with E-state index in [4.69, 9.17) is 5.73 Å². The van der Waals surface area contributed by atoms with Gasteiger partial charge in [-0.15, -0.1) is 0 Å². The van der Waals surface area contributed by atoms with Crippen molar-refractivity contribution >= 4 is 17.5 Å². The molecule has 7 heteroatoms. The molecule has 0 aromatic heterocycles. The average molecular weight is 257 g/mol. The zero-order chi connectivity index (χ0) is 13.7. The van der Waals surface area contributed by atoms with Gasteiger partial charge in [0.05, 0.1) is 13.1 Å². The lowest BCUT2D eigenvalue weighted by molar-refractivity contribution is -0.123. The molecule has 0 saturated heterocycles. The second kappa shape index (κ2) is 6.06. The minimum absolute atomic E-state index is 0.206. The number of hydrogen-bond donors (Lipinski definition) is 3. The number of nitrogens with one attached hydrogen (secondary N) is 2. The maximum Gasteiger partial charge on any atom is 0.243 e. The predicted molar refractivity (Wildman–Crippen MR) is 61.8 cm³/mol. The Morgan fingerprint density at radius 3 is 2.56 bits per heavy atom. The number of carbonyl (C=O) groups is 2. The third-order valence-corrected chi connectivity index (χ3v) is 2.18. The summed E-state index contributed by atoms with van der Waals surface area (Å²) in [6.07, 6.45) is 0. The number of nitrogens with two attached hydrogens (primary N) is 1. The van der Waals surface area contributed by atoms with E-state index in [1.165, 1.54) is 13.0 Å². The summed E-state index contributed by atoms with van der Waals surface area (Å²) in [4.78, 5) is 22.1. The molecule has 1 aromatic rings. The molecule has 0 bridgehead atoms. The highest BCUT2D eigenvalue weighted by atomic mass is 19.1. The van der Waals surface area contributed by atoms with Crippen LogP contribution in [-0.4, -0.2) is 24.9 Å². The summed E-state index contributed by atoms with van der Waals surface area (Å²) in [5.41, 5.74) is 4.70. The Hall–Kier alpha value is -2.02. The van der Waals surface area contributed by atoms with Crippen molar-refractivity contribution < 1.29 is 18.4 Å². The fraction of sp³-hybridized carbons (Fsp3) is 0.273. The van der Waals surface area contributed by atoms with Crippen LogP contribution in [0.1, 0.15) is 5.56 Å². The van der Waals surface area contributed by atoms with Gasteiger partial charge in [0.2, 0.25) is 11.8 Å². The highest BCUT2D eigenvalue weighted by Gasteiger charge is 2.14. The molecule has 0 unspecified atom stereocenters. The van der Waals surface area contributed by atoms with Crippen LogP contribution in [0.15, 0.2) is 12.1 Å². The van der Waals surface area contributed by atoms with E-state index in [9.17, 15) is 18.4 Å². The van der Waals surface area contributed by atoms with Gasteiger partial charge in [-0.1, -0.05) is 6.07 Å². The SMILES string of the molecule is Cc1ccc(F)c(NC(=O)CNC(=O)CN)c1F. The second-order valence-electron chi connectivity index (χ2n) is 3.58. The van der Waals surface area contributed by atoms with Gasteiger partial charge in [-0.3, -0.25) is 9.59 Å². The van der Waals surface area contributed by atoms with Gasteiger partial charge in [0.15, 0.2) is 5.82 Å². The number of rotatable bonds is 4. The summed E-state index contributed by atoms with van der Waals surface area (Å²) in [6.45, 7) is 0.782. The Kier molecular flexibility index (Phi) is 4.73. The molecule has 2 amide bonds. The quantitative estimate of drug-likeness (QED) is 0.724. The molecule has 0 fully saturated rings. The third kappa shape index (κ3) is 3.49. The van der Waals surface area contributed by atoms with E-state index >= 15 is 0 Å². The number of anilines is 1. The number of carbonyl (C=O) groups excluding carboxylic acids is 2. The second-order valence-corrected chi connectivity index (χ2v) is 3.58. The van der Waals surface area contributed by atoms with Crippen LogP contribution in [-0.2, 0) is 9.59 Å². The van der Waals surface area contributed by atoms with Crippen LogP contribution in [0.2, 0.25) is 0 Å². The molecule has 4 N–H and O–H groups in total. The van der Waals surface area contributed by atoms with Crippen molar-refractivity contribution in [2.24, 2.45) is 5.73 Å². The average Bonchev–Trinajstić information content (AvgIpc) is 2.36. The molecule has 0 saturated carbocycles. The summed E-state index contributed by atoms with van der Waals surface area (Å²) in [5.74, 6) is -2.99. The van der Waals surface area contributed by atoms with Crippen LogP contribution >= 0.6 is 0 Å². The summed E-state index contributed by atoms with van der Waals surface area (Å²) in [6, 6.07) is 2.31. The summed E-state index contributed by atoms with van der Waals surface area (Å²) >= 11 is 0. The van der Waals surface area contributed by atoms with Gasteiger partial charge in [-0.2, -0.15) is 0 Å². The summed E-state index contributed by atoms with van der Waals surface area (Å²) in [7, 11) is 0. The Morgan fingerprint density at radius 2 is 1.94 bits per heavy atom. The van der Waals surface area contributed by atoms with E-state index in [-0.39, 0.29) is 12.1 Å². The lowest BCUT2D eigenvalue weighted by atomic mass is 10.2. The van der Waals surface area contributed by atoms with Crippen molar-refractivity contribution in [1.29, 1.82) is 0 Å². The minimum atomic E-state index is -0.878. The molecular weight excluding hydrogens is 244 g/mol. The molecule has 0 radical (unpaired) electrons. The monoisotopic (exact) mass is 257 g/mol. The number of aryl methyl sites for hydroxylation is 1. The molecule has 98 valence electrons. The molecule has 0 aliphatic heterocycles. The van der Waals surface area contributed by atoms with Gasteiger partial charge in [-0.25, -0.2) is 8.78 Å². The predicted octanol–water partition coefficient (Wildman–Crippen LogP) is 0.287. The maximum absolute atomic E-state index is 13.5. The fourth-order valence-electron chi connectivity index (χ4n) is 1.21. The number of hydrogen-bond acceptors (Lipinski definition) is 3. The van der Waals surface area contributed by atoms with Crippen molar-refractivity contribution in [1.82, 2.24) is 5.32 Å². The van der Waals surface area contributed by atoms with E-state index < -0.39 is 35.7 Å². The van der Waals surface area contributed by atoms with Crippen LogP contribution in [0.4, 0.5) is 14.5 Å². The van der Waals surface area contributed by atoms with E-state index in [0.717, 1.165) is 6.07 Å². The first-order chi connectivity index (χ1) is 8.45. The Morgan fingerprint density at radius 1 is 1.28 bits per heavy atom. The number of halogens is 2. The number of amides is 2. The zero-order valence-electron chi connectivity index (χ0n) is 9.72. The molecule has 0 atom stereocenters. The lowest BCUT2D eigenvalue weighted by Gasteiger charge is -2.09. The van der Waals surface area contributed by atoms with Gasteiger partial charge in [0.25, 0.3) is 0 Å². The fourth-order valence-corrected chi connectivity index (χ4v) is 1.21. The van der Waals surface area contributed by atoms with Crippen LogP contribution in [0, 0.1) is 18.6 Å². The van der Waals surface area contributed by atoms with E-state index in [2.05, 4.69) is 10.6 Å². The molecule has 5 nitrogen and oxygen atoms in total. The van der Waals surface area contributed by atoms with Crippen LogP contribution in [0.3, 0.4) is 0 Å².